The van der Waals surface area contributed by atoms with Crippen molar-refractivity contribution in [3.63, 3.8) is 0 Å². The van der Waals surface area contributed by atoms with E-state index < -0.39 is 0 Å². The van der Waals surface area contributed by atoms with Gasteiger partial charge in [0, 0.05) is 38.6 Å². The number of oxazole rings is 1. The van der Waals surface area contributed by atoms with Gasteiger partial charge in [-0.3, -0.25) is 4.90 Å². The molecule has 3 rings (SSSR count). The summed E-state index contributed by atoms with van der Waals surface area (Å²) in [5.41, 5.74) is 0.443. The quantitative estimate of drug-likeness (QED) is 0.800. The Hall–Kier alpha value is -1.58. The van der Waals surface area contributed by atoms with Crippen LogP contribution in [0.3, 0.4) is 0 Å². The van der Waals surface area contributed by atoms with Crippen LogP contribution in [0.2, 0.25) is 0 Å². The fourth-order valence-electron chi connectivity index (χ4n) is 2.71. The maximum atomic E-state index is 9.26. The third-order valence-corrected chi connectivity index (χ3v) is 4.18. The molecule has 0 amide bonds. The first-order valence-electron chi connectivity index (χ1n) is 8.17. The number of hydrogen-bond donors (Lipinski definition) is 0. The molecule has 6 heteroatoms. The van der Waals surface area contributed by atoms with E-state index in [-0.39, 0.29) is 6.10 Å². The summed E-state index contributed by atoms with van der Waals surface area (Å²) in [4.78, 5) is 8.89. The molecule has 120 valence electrons. The minimum absolute atomic E-state index is 0.287. The van der Waals surface area contributed by atoms with Gasteiger partial charge in [-0.15, -0.1) is 0 Å². The second kappa shape index (κ2) is 6.67. The van der Waals surface area contributed by atoms with Crippen LogP contribution in [0.5, 0.6) is 0 Å². The van der Waals surface area contributed by atoms with Crippen molar-refractivity contribution in [2.24, 2.45) is 0 Å². The highest BCUT2D eigenvalue weighted by molar-refractivity contribution is 5.48. The maximum absolute atomic E-state index is 9.26. The highest BCUT2D eigenvalue weighted by atomic mass is 16.5. The van der Waals surface area contributed by atoms with Crippen molar-refractivity contribution in [2.75, 3.05) is 44.2 Å². The van der Waals surface area contributed by atoms with Crippen LogP contribution in [0.4, 0.5) is 5.88 Å². The zero-order valence-electron chi connectivity index (χ0n) is 13.4. The third kappa shape index (κ3) is 3.60. The van der Waals surface area contributed by atoms with E-state index in [0.29, 0.717) is 17.5 Å². The van der Waals surface area contributed by atoms with Crippen LogP contribution in [-0.4, -0.2) is 55.3 Å². The van der Waals surface area contributed by atoms with Gasteiger partial charge in [0.05, 0.1) is 12.7 Å². The van der Waals surface area contributed by atoms with E-state index in [1.165, 1.54) is 0 Å². The minimum atomic E-state index is 0.287. The van der Waals surface area contributed by atoms with Crippen LogP contribution in [-0.2, 0) is 4.74 Å². The summed E-state index contributed by atoms with van der Waals surface area (Å²) in [6, 6.07) is 2.17. The molecule has 0 spiro atoms. The zero-order valence-corrected chi connectivity index (χ0v) is 13.4. The normalized spacial score (nSPS) is 19.6. The smallest absolute Gasteiger partial charge is 0.234 e. The highest BCUT2D eigenvalue weighted by Gasteiger charge is 2.32. The van der Waals surface area contributed by atoms with E-state index in [1.54, 1.807) is 0 Å². The van der Waals surface area contributed by atoms with Gasteiger partial charge in [-0.2, -0.15) is 5.26 Å². The molecule has 1 aliphatic heterocycles. The minimum Gasteiger partial charge on any atom is -0.423 e. The summed E-state index contributed by atoms with van der Waals surface area (Å²) in [5, 5.41) is 9.26. The van der Waals surface area contributed by atoms with Crippen LogP contribution in [0.15, 0.2) is 4.42 Å². The molecular formula is C16H24N4O2. The number of nitrogens with zero attached hydrogens (tertiary/aromatic N) is 4. The van der Waals surface area contributed by atoms with E-state index in [4.69, 9.17) is 9.15 Å². The number of rotatable bonds is 6. The Balaban J connectivity index is 1.54. The van der Waals surface area contributed by atoms with Gasteiger partial charge in [0.2, 0.25) is 17.5 Å². The zero-order chi connectivity index (χ0) is 15.5. The predicted molar refractivity (Wildman–Crippen MR) is 82.9 cm³/mol. The van der Waals surface area contributed by atoms with E-state index in [1.807, 2.05) is 0 Å². The first-order chi connectivity index (χ1) is 10.7. The predicted octanol–water partition coefficient (Wildman–Crippen LogP) is 1.97. The first kappa shape index (κ1) is 15.3. The van der Waals surface area contributed by atoms with Gasteiger partial charge in [-0.05, 0) is 26.7 Å². The molecule has 2 aliphatic rings. The molecule has 0 atom stereocenters. The van der Waals surface area contributed by atoms with Crippen LogP contribution < -0.4 is 4.90 Å². The number of hydrogen-bond acceptors (Lipinski definition) is 6. The van der Waals surface area contributed by atoms with E-state index in [9.17, 15) is 5.26 Å². The molecule has 1 saturated heterocycles. The summed E-state index contributed by atoms with van der Waals surface area (Å²) < 4.78 is 11.5. The average Bonchev–Trinajstić information content (AvgIpc) is 3.27. The molecule has 1 saturated carbocycles. The van der Waals surface area contributed by atoms with Crippen molar-refractivity contribution in [1.82, 2.24) is 9.88 Å². The Bertz CT molecular complexity index is 537. The number of anilines is 1. The van der Waals surface area contributed by atoms with E-state index >= 15 is 0 Å². The second-order valence-electron chi connectivity index (χ2n) is 6.34. The van der Waals surface area contributed by atoms with Crippen LogP contribution >= 0.6 is 0 Å². The van der Waals surface area contributed by atoms with Gasteiger partial charge in [0.15, 0.2) is 0 Å². The summed E-state index contributed by atoms with van der Waals surface area (Å²) >= 11 is 0. The first-order valence-corrected chi connectivity index (χ1v) is 8.17. The Morgan fingerprint density at radius 3 is 2.64 bits per heavy atom. The third-order valence-electron chi connectivity index (χ3n) is 4.18. The summed E-state index contributed by atoms with van der Waals surface area (Å²) in [6.45, 7) is 9.52. The summed E-state index contributed by atoms with van der Waals surface area (Å²) in [7, 11) is 0. The monoisotopic (exact) mass is 304 g/mol. The standard InChI is InChI=1S/C16H24N4O2/c1-12(2)21-10-9-19-5-7-20(8-6-19)16-14(11-17)18-15(22-16)13-3-4-13/h12-13H,3-10H2,1-2H3. The topological polar surface area (TPSA) is 65.5 Å². The molecular weight excluding hydrogens is 280 g/mol. The van der Waals surface area contributed by atoms with Gasteiger partial charge < -0.3 is 14.1 Å². The number of ether oxygens (including phenoxy) is 1. The Labute approximate surface area is 131 Å². The van der Waals surface area contributed by atoms with Crippen molar-refractivity contribution < 1.29 is 9.15 Å². The number of aromatic nitrogens is 1. The molecule has 6 nitrogen and oxygen atoms in total. The van der Waals surface area contributed by atoms with Crippen molar-refractivity contribution in [1.29, 1.82) is 5.26 Å². The fraction of sp³-hybridized carbons (Fsp3) is 0.750. The lowest BCUT2D eigenvalue weighted by Gasteiger charge is -2.34. The van der Waals surface area contributed by atoms with Crippen molar-refractivity contribution >= 4 is 5.88 Å². The lowest BCUT2D eigenvalue weighted by atomic mass is 10.3. The molecule has 2 fully saturated rings. The SMILES string of the molecule is CC(C)OCCN1CCN(c2oc(C3CC3)nc2C#N)CC1. The highest BCUT2D eigenvalue weighted by Crippen LogP contribution is 2.41. The van der Waals surface area contributed by atoms with Crippen molar-refractivity contribution in [2.45, 2.75) is 38.7 Å². The molecule has 0 bridgehead atoms. The number of piperazine rings is 1. The fourth-order valence-corrected chi connectivity index (χ4v) is 2.71. The lowest BCUT2D eigenvalue weighted by Crippen LogP contribution is -2.47. The van der Waals surface area contributed by atoms with Crippen molar-refractivity contribution in [3.05, 3.63) is 11.6 Å². The van der Waals surface area contributed by atoms with Gasteiger partial charge >= 0.3 is 0 Å². The Kier molecular flexibility index (Phi) is 4.65. The molecule has 1 aromatic heterocycles. The second-order valence-corrected chi connectivity index (χ2v) is 6.34. The van der Waals surface area contributed by atoms with Crippen LogP contribution in [0, 0.1) is 11.3 Å². The number of nitriles is 1. The van der Waals surface area contributed by atoms with Gasteiger partial charge in [0.1, 0.15) is 6.07 Å². The molecule has 2 heterocycles. The maximum Gasteiger partial charge on any atom is 0.234 e. The molecule has 0 N–H and O–H groups in total. The van der Waals surface area contributed by atoms with Gasteiger partial charge in [-0.25, -0.2) is 4.98 Å². The molecule has 0 radical (unpaired) electrons. The molecule has 1 aromatic rings. The molecule has 1 aliphatic carbocycles. The van der Waals surface area contributed by atoms with Crippen molar-refractivity contribution in [3.8, 4) is 6.07 Å². The van der Waals surface area contributed by atoms with E-state index in [2.05, 4.69) is 34.7 Å². The molecule has 0 aromatic carbocycles. The lowest BCUT2D eigenvalue weighted by molar-refractivity contribution is 0.0577. The van der Waals surface area contributed by atoms with Crippen LogP contribution in [0.25, 0.3) is 0 Å². The van der Waals surface area contributed by atoms with E-state index in [0.717, 1.165) is 58.1 Å². The Morgan fingerprint density at radius 2 is 2.05 bits per heavy atom. The Morgan fingerprint density at radius 1 is 1.32 bits per heavy atom. The van der Waals surface area contributed by atoms with Gasteiger partial charge in [-0.1, -0.05) is 0 Å². The molecule has 22 heavy (non-hydrogen) atoms. The molecule has 0 unspecified atom stereocenters. The van der Waals surface area contributed by atoms with Gasteiger partial charge in [0.25, 0.3) is 0 Å². The van der Waals surface area contributed by atoms with Crippen LogP contribution in [0.1, 0.15) is 44.2 Å². The largest absolute Gasteiger partial charge is 0.423 e. The average molecular weight is 304 g/mol. The summed E-state index contributed by atoms with van der Waals surface area (Å²) in [6.07, 6.45) is 2.55. The summed E-state index contributed by atoms with van der Waals surface area (Å²) in [5.74, 6) is 1.86.